The van der Waals surface area contributed by atoms with Crippen LogP contribution in [0.3, 0.4) is 0 Å². The minimum Gasteiger partial charge on any atom is -0.508 e. The number of rotatable bonds is 2. The quantitative estimate of drug-likeness (QED) is 0.834. The number of fused-ring (bicyclic) bond motifs is 1. The van der Waals surface area contributed by atoms with Gasteiger partial charge in [0.25, 0.3) is 0 Å². The van der Waals surface area contributed by atoms with E-state index < -0.39 is 5.82 Å². The summed E-state index contributed by atoms with van der Waals surface area (Å²) in [4.78, 5) is 0. The number of hydrogen-bond acceptors (Lipinski definition) is 2. The van der Waals surface area contributed by atoms with Gasteiger partial charge in [-0.05, 0) is 52.9 Å². The molecule has 0 spiro atoms. The largest absolute Gasteiger partial charge is 0.508 e. The van der Waals surface area contributed by atoms with E-state index in [9.17, 15) is 14.6 Å². The number of phenols is 2. The highest BCUT2D eigenvalue weighted by molar-refractivity contribution is 5.91. The van der Waals surface area contributed by atoms with Gasteiger partial charge >= 0.3 is 0 Å². The van der Waals surface area contributed by atoms with Crippen molar-refractivity contribution in [1.29, 1.82) is 0 Å². The molecule has 2 nitrogen and oxygen atoms in total. The molecule has 17 heavy (non-hydrogen) atoms. The lowest BCUT2D eigenvalue weighted by Crippen LogP contribution is -1.95. The molecule has 0 saturated carbocycles. The van der Waals surface area contributed by atoms with Gasteiger partial charge in [-0.3, -0.25) is 0 Å². The molecule has 0 aromatic heterocycles. The van der Waals surface area contributed by atoms with Gasteiger partial charge in [0, 0.05) is 0 Å². The summed E-state index contributed by atoms with van der Waals surface area (Å²) in [6, 6.07) is 4.56. The Morgan fingerprint density at radius 3 is 2.35 bits per heavy atom. The number of hydrogen-bond donors (Lipinski definition) is 2. The van der Waals surface area contributed by atoms with E-state index in [1.165, 1.54) is 6.07 Å². The molecule has 2 rings (SSSR count). The van der Waals surface area contributed by atoms with Gasteiger partial charge in [0.1, 0.15) is 5.75 Å². The normalized spacial score (nSPS) is 11.0. The second-order valence-electron chi connectivity index (χ2n) is 4.10. The van der Waals surface area contributed by atoms with Crippen molar-refractivity contribution in [1.82, 2.24) is 0 Å². The lowest BCUT2D eigenvalue weighted by Gasteiger charge is -2.12. The Kier molecular flexibility index (Phi) is 2.92. The molecule has 0 atom stereocenters. The predicted octanol–water partition coefficient (Wildman–Crippen LogP) is 3.51. The highest BCUT2D eigenvalue weighted by Gasteiger charge is 2.14. The lowest BCUT2D eigenvalue weighted by atomic mass is 9.95. The van der Waals surface area contributed by atoms with E-state index in [0.717, 1.165) is 10.9 Å². The van der Waals surface area contributed by atoms with Crippen LogP contribution in [0.5, 0.6) is 11.5 Å². The van der Waals surface area contributed by atoms with Gasteiger partial charge in [0.05, 0.1) is 0 Å². The molecule has 2 aromatic rings. The first-order valence-corrected chi connectivity index (χ1v) is 5.74. The molecule has 0 heterocycles. The zero-order chi connectivity index (χ0) is 12.6. The molecule has 0 bridgehead atoms. The zero-order valence-electron chi connectivity index (χ0n) is 9.92. The molecule has 3 heteroatoms. The minimum absolute atomic E-state index is 0.141. The molecule has 0 aliphatic carbocycles. The summed E-state index contributed by atoms with van der Waals surface area (Å²) < 4.78 is 13.8. The summed E-state index contributed by atoms with van der Waals surface area (Å²) in [5, 5.41) is 20.6. The van der Waals surface area contributed by atoms with Gasteiger partial charge < -0.3 is 10.2 Å². The molecule has 0 aliphatic rings. The Morgan fingerprint density at radius 1 is 1.06 bits per heavy atom. The summed E-state index contributed by atoms with van der Waals surface area (Å²) in [6.07, 6.45) is 1.22. The molecule has 2 aromatic carbocycles. The maximum absolute atomic E-state index is 13.8. The van der Waals surface area contributed by atoms with Gasteiger partial charge in [0.15, 0.2) is 11.6 Å². The Bertz CT molecular complexity index is 576. The van der Waals surface area contributed by atoms with Crippen molar-refractivity contribution < 1.29 is 14.6 Å². The van der Waals surface area contributed by atoms with E-state index in [1.807, 2.05) is 13.8 Å². The van der Waals surface area contributed by atoms with Crippen LogP contribution >= 0.6 is 0 Å². The van der Waals surface area contributed by atoms with Gasteiger partial charge in [-0.2, -0.15) is 0 Å². The van der Waals surface area contributed by atoms with Gasteiger partial charge in [-0.1, -0.05) is 13.8 Å². The average Bonchev–Trinajstić information content (AvgIpc) is 2.30. The van der Waals surface area contributed by atoms with E-state index in [0.29, 0.717) is 23.8 Å². The second-order valence-corrected chi connectivity index (χ2v) is 4.10. The van der Waals surface area contributed by atoms with E-state index in [2.05, 4.69) is 0 Å². The standard InChI is InChI=1S/C14H15FO2/c1-3-8-5-10(16)6-9-7-12(17)14(15)11(4-2)13(8)9/h5-7,16-17H,3-4H2,1-2H3. The van der Waals surface area contributed by atoms with E-state index in [-0.39, 0.29) is 11.5 Å². The van der Waals surface area contributed by atoms with Gasteiger partial charge in [-0.15, -0.1) is 0 Å². The average molecular weight is 234 g/mol. The Labute approximate surface area is 99.3 Å². The minimum atomic E-state index is -0.555. The summed E-state index contributed by atoms with van der Waals surface area (Å²) in [7, 11) is 0. The molecular weight excluding hydrogens is 219 g/mol. The molecule has 0 aliphatic heterocycles. The summed E-state index contributed by atoms with van der Waals surface area (Å²) in [5.41, 5.74) is 1.41. The fourth-order valence-electron chi connectivity index (χ4n) is 2.28. The fraction of sp³-hybridized carbons (Fsp3) is 0.286. The van der Waals surface area contributed by atoms with Crippen LogP contribution in [0.1, 0.15) is 25.0 Å². The molecule has 0 fully saturated rings. The maximum Gasteiger partial charge on any atom is 0.168 e. The van der Waals surface area contributed by atoms with Crippen molar-refractivity contribution in [2.45, 2.75) is 26.7 Å². The van der Waals surface area contributed by atoms with Crippen molar-refractivity contribution in [3.05, 3.63) is 35.1 Å². The third kappa shape index (κ3) is 1.82. The van der Waals surface area contributed by atoms with Crippen LogP contribution in [0, 0.1) is 5.82 Å². The third-order valence-corrected chi connectivity index (χ3v) is 3.05. The number of benzene rings is 2. The molecular formula is C14H15FO2. The Morgan fingerprint density at radius 2 is 1.76 bits per heavy atom. The Balaban J connectivity index is 2.95. The van der Waals surface area contributed by atoms with Crippen LogP contribution in [0.25, 0.3) is 10.8 Å². The third-order valence-electron chi connectivity index (χ3n) is 3.05. The van der Waals surface area contributed by atoms with Crippen LogP contribution < -0.4 is 0 Å². The maximum atomic E-state index is 13.8. The Hall–Kier alpha value is -1.77. The van der Waals surface area contributed by atoms with Crippen molar-refractivity contribution in [2.24, 2.45) is 0 Å². The monoisotopic (exact) mass is 234 g/mol. The van der Waals surface area contributed by atoms with Crippen molar-refractivity contribution in [3.8, 4) is 11.5 Å². The van der Waals surface area contributed by atoms with Crippen LogP contribution in [0.15, 0.2) is 18.2 Å². The lowest BCUT2D eigenvalue weighted by molar-refractivity contribution is 0.430. The SMILES string of the molecule is CCc1cc(O)cc2cc(O)c(F)c(CC)c12. The van der Waals surface area contributed by atoms with E-state index >= 15 is 0 Å². The topological polar surface area (TPSA) is 40.5 Å². The zero-order valence-corrected chi connectivity index (χ0v) is 9.92. The second kappa shape index (κ2) is 4.24. The van der Waals surface area contributed by atoms with Crippen LogP contribution in [-0.2, 0) is 12.8 Å². The highest BCUT2D eigenvalue weighted by Crippen LogP contribution is 2.34. The fourth-order valence-corrected chi connectivity index (χ4v) is 2.28. The summed E-state index contributed by atoms with van der Waals surface area (Å²) in [6.45, 7) is 3.81. The van der Waals surface area contributed by atoms with E-state index in [4.69, 9.17) is 0 Å². The summed E-state index contributed by atoms with van der Waals surface area (Å²) >= 11 is 0. The first-order chi connectivity index (χ1) is 8.08. The molecule has 2 N–H and O–H groups in total. The van der Waals surface area contributed by atoms with Crippen LogP contribution in [-0.4, -0.2) is 10.2 Å². The number of aromatic hydroxyl groups is 2. The van der Waals surface area contributed by atoms with Crippen molar-refractivity contribution >= 4 is 10.8 Å². The number of aryl methyl sites for hydroxylation is 2. The molecule has 0 radical (unpaired) electrons. The molecule has 0 amide bonds. The first kappa shape index (κ1) is 11.7. The number of halogens is 1. The summed E-state index contributed by atoms with van der Waals surface area (Å²) in [5.74, 6) is -0.773. The van der Waals surface area contributed by atoms with Crippen molar-refractivity contribution in [3.63, 3.8) is 0 Å². The first-order valence-electron chi connectivity index (χ1n) is 5.74. The molecule has 0 saturated heterocycles. The van der Waals surface area contributed by atoms with Gasteiger partial charge in [-0.25, -0.2) is 4.39 Å². The molecule has 0 unspecified atom stereocenters. The van der Waals surface area contributed by atoms with E-state index in [1.54, 1.807) is 12.1 Å². The van der Waals surface area contributed by atoms with Crippen LogP contribution in [0.4, 0.5) is 4.39 Å². The van der Waals surface area contributed by atoms with Gasteiger partial charge in [0.2, 0.25) is 0 Å². The smallest absolute Gasteiger partial charge is 0.168 e. The highest BCUT2D eigenvalue weighted by atomic mass is 19.1. The molecule has 90 valence electrons. The van der Waals surface area contributed by atoms with Crippen molar-refractivity contribution in [2.75, 3.05) is 0 Å². The number of phenolic OH excluding ortho intramolecular Hbond substituents is 2. The predicted molar refractivity (Wildman–Crippen MR) is 66.0 cm³/mol. The van der Waals surface area contributed by atoms with Crippen LogP contribution in [0.2, 0.25) is 0 Å².